The molecule has 5 nitrogen and oxygen atoms in total. The van der Waals surface area contributed by atoms with Crippen molar-refractivity contribution >= 4 is 29.1 Å². The molecule has 0 aliphatic carbocycles. The first-order valence-corrected chi connectivity index (χ1v) is 5.78. The molecule has 98 valence electrons. The monoisotopic (exact) mass is 269 g/mol. The van der Waals surface area contributed by atoms with Gasteiger partial charge in [0, 0.05) is 19.8 Å². The van der Waals surface area contributed by atoms with E-state index in [-0.39, 0.29) is 11.8 Å². The van der Waals surface area contributed by atoms with Gasteiger partial charge in [0.1, 0.15) is 0 Å². The predicted octanol–water partition coefficient (Wildman–Crippen LogP) is 1.33. The highest BCUT2D eigenvalue weighted by atomic mass is 35.5. The number of hydrogen-bond acceptors (Lipinski definition) is 3. The van der Waals surface area contributed by atoms with Crippen molar-refractivity contribution < 1.29 is 9.59 Å². The van der Waals surface area contributed by atoms with Gasteiger partial charge in [0.25, 0.3) is 5.91 Å². The molecule has 6 heteroatoms. The summed E-state index contributed by atoms with van der Waals surface area (Å²) in [6.45, 7) is 1.58. The Morgan fingerprint density at radius 1 is 1.39 bits per heavy atom. The molecule has 1 aromatic carbocycles. The second kappa shape index (κ2) is 5.84. The lowest BCUT2D eigenvalue weighted by Gasteiger charge is -2.13. The van der Waals surface area contributed by atoms with Gasteiger partial charge in [-0.2, -0.15) is 0 Å². The number of anilines is 1. The maximum absolute atomic E-state index is 11.8. The Morgan fingerprint density at radius 3 is 2.50 bits per heavy atom. The Morgan fingerprint density at radius 2 is 2.00 bits per heavy atom. The minimum absolute atomic E-state index is 0.225. The Bertz CT molecular complexity index is 472. The van der Waals surface area contributed by atoms with Gasteiger partial charge in [-0.1, -0.05) is 11.6 Å². The van der Waals surface area contributed by atoms with E-state index in [1.807, 2.05) is 0 Å². The van der Waals surface area contributed by atoms with Crippen LogP contribution in [0.4, 0.5) is 5.69 Å². The SMILES string of the molecule is CC(N)C(=O)Nc1ccc(Cl)c(C(=O)N(C)C)c1. The highest BCUT2D eigenvalue weighted by molar-refractivity contribution is 6.34. The predicted molar refractivity (Wildman–Crippen MR) is 71.7 cm³/mol. The van der Waals surface area contributed by atoms with Crippen LogP contribution < -0.4 is 11.1 Å². The molecule has 18 heavy (non-hydrogen) atoms. The van der Waals surface area contributed by atoms with E-state index < -0.39 is 6.04 Å². The first-order chi connectivity index (χ1) is 8.32. The molecule has 1 aromatic rings. The van der Waals surface area contributed by atoms with E-state index in [1.54, 1.807) is 33.2 Å². The fourth-order valence-corrected chi connectivity index (χ4v) is 1.46. The summed E-state index contributed by atoms with van der Waals surface area (Å²) in [6, 6.07) is 4.10. The zero-order valence-electron chi connectivity index (χ0n) is 10.5. The minimum Gasteiger partial charge on any atom is -0.345 e. The maximum atomic E-state index is 11.8. The third kappa shape index (κ3) is 3.45. The number of hydrogen-bond donors (Lipinski definition) is 2. The van der Waals surface area contributed by atoms with Crippen LogP contribution >= 0.6 is 11.6 Å². The van der Waals surface area contributed by atoms with Gasteiger partial charge in [-0.25, -0.2) is 0 Å². The molecule has 0 saturated heterocycles. The van der Waals surface area contributed by atoms with E-state index in [4.69, 9.17) is 17.3 Å². The third-order valence-electron chi connectivity index (χ3n) is 2.28. The van der Waals surface area contributed by atoms with E-state index in [1.165, 1.54) is 11.0 Å². The molecule has 1 rings (SSSR count). The van der Waals surface area contributed by atoms with Crippen LogP contribution in [0.15, 0.2) is 18.2 Å². The second-order valence-corrected chi connectivity index (χ2v) is 4.58. The van der Waals surface area contributed by atoms with Crippen molar-refractivity contribution in [2.75, 3.05) is 19.4 Å². The van der Waals surface area contributed by atoms with Crippen LogP contribution in [0.1, 0.15) is 17.3 Å². The molecule has 2 amide bonds. The number of nitrogens with two attached hydrogens (primary N) is 1. The van der Waals surface area contributed by atoms with E-state index >= 15 is 0 Å². The number of benzene rings is 1. The minimum atomic E-state index is -0.617. The van der Waals surface area contributed by atoms with Crippen LogP contribution in [-0.4, -0.2) is 36.9 Å². The number of amides is 2. The van der Waals surface area contributed by atoms with Crippen molar-refractivity contribution in [2.24, 2.45) is 5.73 Å². The molecule has 0 aliphatic heterocycles. The smallest absolute Gasteiger partial charge is 0.254 e. The fraction of sp³-hybridized carbons (Fsp3) is 0.333. The van der Waals surface area contributed by atoms with Gasteiger partial charge in [0.05, 0.1) is 16.6 Å². The number of nitrogens with zero attached hydrogens (tertiary/aromatic N) is 1. The van der Waals surface area contributed by atoms with Crippen molar-refractivity contribution in [1.29, 1.82) is 0 Å². The highest BCUT2D eigenvalue weighted by Gasteiger charge is 2.14. The summed E-state index contributed by atoms with van der Waals surface area (Å²) in [5, 5.41) is 2.95. The maximum Gasteiger partial charge on any atom is 0.254 e. The Balaban J connectivity index is 3.01. The summed E-state index contributed by atoms with van der Waals surface area (Å²) in [5.41, 5.74) is 6.28. The van der Waals surface area contributed by atoms with Crippen LogP contribution in [0, 0.1) is 0 Å². The average molecular weight is 270 g/mol. The summed E-state index contributed by atoms with van der Waals surface area (Å²) in [7, 11) is 3.26. The lowest BCUT2D eigenvalue weighted by Crippen LogP contribution is -2.32. The Kier molecular flexibility index (Phi) is 4.69. The van der Waals surface area contributed by atoms with E-state index in [9.17, 15) is 9.59 Å². The van der Waals surface area contributed by atoms with Crippen molar-refractivity contribution in [1.82, 2.24) is 4.90 Å². The molecule has 0 saturated carbocycles. The number of rotatable bonds is 3. The van der Waals surface area contributed by atoms with E-state index in [0.717, 1.165) is 0 Å². The summed E-state index contributed by atoms with van der Waals surface area (Å²) in [6.07, 6.45) is 0. The lowest BCUT2D eigenvalue weighted by atomic mass is 10.1. The van der Waals surface area contributed by atoms with Gasteiger partial charge in [-0.3, -0.25) is 9.59 Å². The number of halogens is 1. The summed E-state index contributed by atoms with van der Waals surface area (Å²) in [5.74, 6) is -0.544. The summed E-state index contributed by atoms with van der Waals surface area (Å²) in [4.78, 5) is 24.7. The molecule has 0 radical (unpaired) electrons. The first kappa shape index (κ1) is 14.5. The number of carbonyl (C=O) groups is 2. The van der Waals surface area contributed by atoms with Crippen molar-refractivity contribution in [3.05, 3.63) is 28.8 Å². The van der Waals surface area contributed by atoms with Gasteiger partial charge in [-0.15, -0.1) is 0 Å². The normalized spacial score (nSPS) is 11.8. The van der Waals surface area contributed by atoms with Crippen molar-refractivity contribution in [3.8, 4) is 0 Å². The zero-order valence-corrected chi connectivity index (χ0v) is 11.3. The zero-order chi connectivity index (χ0) is 13.9. The van der Waals surface area contributed by atoms with Gasteiger partial charge in [-0.05, 0) is 25.1 Å². The summed E-state index contributed by atoms with van der Waals surface area (Å²) < 4.78 is 0. The topological polar surface area (TPSA) is 75.4 Å². The van der Waals surface area contributed by atoms with Crippen molar-refractivity contribution in [3.63, 3.8) is 0 Å². The molecule has 0 bridgehead atoms. The molecule has 3 N–H and O–H groups in total. The summed E-state index contributed by atoms with van der Waals surface area (Å²) >= 11 is 5.95. The van der Waals surface area contributed by atoms with Gasteiger partial charge >= 0.3 is 0 Å². The first-order valence-electron chi connectivity index (χ1n) is 5.40. The van der Waals surface area contributed by atoms with Gasteiger partial charge in [0.15, 0.2) is 0 Å². The molecule has 1 atom stereocenters. The van der Waals surface area contributed by atoms with Crippen LogP contribution in [0.2, 0.25) is 5.02 Å². The quantitative estimate of drug-likeness (QED) is 0.869. The van der Waals surface area contributed by atoms with Crippen LogP contribution in [0.25, 0.3) is 0 Å². The van der Waals surface area contributed by atoms with Crippen LogP contribution in [0.3, 0.4) is 0 Å². The van der Waals surface area contributed by atoms with E-state index in [2.05, 4.69) is 5.32 Å². The Hall–Kier alpha value is -1.59. The molecule has 0 fully saturated rings. The highest BCUT2D eigenvalue weighted by Crippen LogP contribution is 2.21. The molecule has 0 heterocycles. The molecular weight excluding hydrogens is 254 g/mol. The molecular formula is C12H16ClN3O2. The van der Waals surface area contributed by atoms with E-state index in [0.29, 0.717) is 16.3 Å². The number of nitrogens with one attached hydrogen (secondary N) is 1. The lowest BCUT2D eigenvalue weighted by molar-refractivity contribution is -0.117. The standard InChI is InChI=1S/C12H16ClN3O2/c1-7(14)11(17)15-8-4-5-10(13)9(6-8)12(18)16(2)3/h4-7H,14H2,1-3H3,(H,15,17). The molecule has 0 spiro atoms. The van der Waals surface area contributed by atoms with Gasteiger partial charge in [0.2, 0.25) is 5.91 Å². The second-order valence-electron chi connectivity index (χ2n) is 4.17. The molecule has 1 unspecified atom stereocenters. The van der Waals surface area contributed by atoms with Gasteiger partial charge < -0.3 is 16.0 Å². The van der Waals surface area contributed by atoms with Crippen molar-refractivity contribution in [2.45, 2.75) is 13.0 Å². The largest absolute Gasteiger partial charge is 0.345 e. The third-order valence-corrected chi connectivity index (χ3v) is 2.61. The fourth-order valence-electron chi connectivity index (χ4n) is 1.26. The molecule has 0 aliphatic rings. The van der Waals surface area contributed by atoms with Crippen LogP contribution in [0.5, 0.6) is 0 Å². The van der Waals surface area contributed by atoms with Crippen LogP contribution in [-0.2, 0) is 4.79 Å². The number of carbonyl (C=O) groups excluding carboxylic acids is 2. The average Bonchev–Trinajstić information content (AvgIpc) is 2.30. The Labute approximate surface area is 111 Å². The molecule has 0 aromatic heterocycles.